The van der Waals surface area contributed by atoms with Crippen LogP contribution in [0.2, 0.25) is 0 Å². The standard InChI is InChI=1S/C19H22N6/c1-2-19-16(12-22-25(19)5-1)13-23-6-8-24(9-7-23)17-3-4-18-15(10-17)11-20-14-21-18/h3-4,10-12,14H,1-2,5-9,13H2. The van der Waals surface area contributed by atoms with E-state index in [2.05, 4.69) is 53.9 Å². The highest BCUT2D eigenvalue weighted by Crippen LogP contribution is 2.23. The van der Waals surface area contributed by atoms with Crippen molar-refractivity contribution in [3.8, 4) is 0 Å². The second-order valence-electron chi connectivity index (χ2n) is 6.97. The van der Waals surface area contributed by atoms with E-state index in [1.165, 1.54) is 29.8 Å². The number of anilines is 1. The van der Waals surface area contributed by atoms with Crippen LogP contribution in [0.25, 0.3) is 10.9 Å². The largest absolute Gasteiger partial charge is 0.369 e. The molecular weight excluding hydrogens is 312 g/mol. The average molecular weight is 334 g/mol. The summed E-state index contributed by atoms with van der Waals surface area (Å²) in [6.07, 6.45) is 8.01. The molecule has 0 spiro atoms. The fraction of sp³-hybridized carbons (Fsp3) is 0.421. The van der Waals surface area contributed by atoms with Gasteiger partial charge in [0.15, 0.2) is 0 Å². The number of hydrogen-bond donors (Lipinski definition) is 0. The normalized spacial score (nSPS) is 18.0. The fourth-order valence-corrected chi connectivity index (χ4v) is 4.03. The van der Waals surface area contributed by atoms with Crippen LogP contribution in [-0.4, -0.2) is 50.8 Å². The summed E-state index contributed by atoms with van der Waals surface area (Å²) in [6, 6.07) is 6.47. The minimum absolute atomic E-state index is 1.01. The highest BCUT2D eigenvalue weighted by atomic mass is 15.3. The number of rotatable bonds is 3. The monoisotopic (exact) mass is 334 g/mol. The maximum Gasteiger partial charge on any atom is 0.116 e. The summed E-state index contributed by atoms with van der Waals surface area (Å²) in [4.78, 5) is 13.5. The summed E-state index contributed by atoms with van der Waals surface area (Å²) in [5.74, 6) is 0. The Bertz CT molecular complexity index is 894. The van der Waals surface area contributed by atoms with Gasteiger partial charge < -0.3 is 4.90 Å². The summed E-state index contributed by atoms with van der Waals surface area (Å²) in [7, 11) is 0. The Kier molecular flexibility index (Phi) is 3.63. The lowest BCUT2D eigenvalue weighted by Gasteiger charge is -2.36. The topological polar surface area (TPSA) is 50.1 Å². The van der Waals surface area contributed by atoms with Crippen LogP contribution in [0.15, 0.2) is 36.9 Å². The zero-order chi connectivity index (χ0) is 16.6. The van der Waals surface area contributed by atoms with Gasteiger partial charge in [-0.1, -0.05) is 0 Å². The summed E-state index contributed by atoms with van der Waals surface area (Å²) in [6.45, 7) is 6.43. The highest BCUT2D eigenvalue weighted by molar-refractivity contribution is 5.81. The molecule has 128 valence electrons. The molecule has 0 bridgehead atoms. The van der Waals surface area contributed by atoms with Crippen LogP contribution >= 0.6 is 0 Å². The summed E-state index contributed by atoms with van der Waals surface area (Å²) in [5, 5.41) is 5.63. The Morgan fingerprint density at radius 2 is 1.92 bits per heavy atom. The summed E-state index contributed by atoms with van der Waals surface area (Å²) < 4.78 is 2.18. The molecule has 1 saturated heterocycles. The number of piperazine rings is 1. The van der Waals surface area contributed by atoms with Gasteiger partial charge in [0.05, 0.1) is 11.7 Å². The second-order valence-corrected chi connectivity index (χ2v) is 6.97. The maximum atomic E-state index is 4.52. The molecule has 0 atom stereocenters. The van der Waals surface area contributed by atoms with Crippen LogP contribution < -0.4 is 4.90 Å². The molecule has 0 saturated carbocycles. The smallest absolute Gasteiger partial charge is 0.116 e. The maximum absolute atomic E-state index is 4.52. The first kappa shape index (κ1) is 14.8. The molecule has 5 rings (SSSR count). The van der Waals surface area contributed by atoms with Crippen molar-refractivity contribution in [3.05, 3.63) is 48.2 Å². The van der Waals surface area contributed by atoms with Crippen molar-refractivity contribution in [2.45, 2.75) is 25.9 Å². The quantitative estimate of drug-likeness (QED) is 0.734. The number of benzene rings is 1. The zero-order valence-electron chi connectivity index (χ0n) is 14.3. The molecule has 0 radical (unpaired) electrons. The lowest BCUT2D eigenvalue weighted by atomic mass is 10.1. The molecule has 3 aromatic rings. The van der Waals surface area contributed by atoms with Gasteiger partial charge in [-0.15, -0.1) is 0 Å². The highest BCUT2D eigenvalue weighted by Gasteiger charge is 2.21. The van der Waals surface area contributed by atoms with Crippen molar-refractivity contribution in [3.63, 3.8) is 0 Å². The van der Waals surface area contributed by atoms with Gasteiger partial charge in [0.1, 0.15) is 6.33 Å². The summed E-state index contributed by atoms with van der Waals surface area (Å²) in [5.41, 5.74) is 5.16. The van der Waals surface area contributed by atoms with E-state index in [4.69, 9.17) is 0 Å². The number of aryl methyl sites for hydroxylation is 1. The van der Waals surface area contributed by atoms with Gasteiger partial charge in [-0.25, -0.2) is 9.97 Å². The molecule has 4 heterocycles. The van der Waals surface area contributed by atoms with Gasteiger partial charge in [0.25, 0.3) is 0 Å². The van der Waals surface area contributed by atoms with E-state index in [0.717, 1.165) is 50.2 Å². The first-order chi connectivity index (χ1) is 12.4. The van der Waals surface area contributed by atoms with E-state index in [9.17, 15) is 0 Å². The first-order valence-corrected chi connectivity index (χ1v) is 9.07. The van der Waals surface area contributed by atoms with Crippen LogP contribution in [0.5, 0.6) is 0 Å². The zero-order valence-corrected chi connectivity index (χ0v) is 14.3. The van der Waals surface area contributed by atoms with Crippen LogP contribution in [0.3, 0.4) is 0 Å². The van der Waals surface area contributed by atoms with Crippen LogP contribution in [0.4, 0.5) is 5.69 Å². The molecule has 0 N–H and O–H groups in total. The molecule has 1 aromatic carbocycles. The van der Waals surface area contributed by atoms with Gasteiger partial charge in [-0.2, -0.15) is 5.10 Å². The predicted octanol–water partition coefficient (Wildman–Crippen LogP) is 2.09. The SMILES string of the molecule is c1ncc2cc(N3CCN(Cc4cnn5c4CCC5)CC3)ccc2n1. The van der Waals surface area contributed by atoms with Crippen molar-refractivity contribution in [1.82, 2.24) is 24.6 Å². The van der Waals surface area contributed by atoms with Crippen LogP contribution in [0.1, 0.15) is 17.7 Å². The third-order valence-electron chi connectivity index (χ3n) is 5.44. The Morgan fingerprint density at radius 3 is 2.84 bits per heavy atom. The minimum atomic E-state index is 1.01. The average Bonchev–Trinajstić information content (AvgIpc) is 3.27. The molecule has 0 aliphatic carbocycles. The van der Waals surface area contributed by atoms with Crippen LogP contribution in [-0.2, 0) is 19.5 Å². The third-order valence-corrected chi connectivity index (χ3v) is 5.44. The molecular formula is C19H22N6. The lowest BCUT2D eigenvalue weighted by Crippen LogP contribution is -2.46. The number of hydrogen-bond acceptors (Lipinski definition) is 5. The minimum Gasteiger partial charge on any atom is -0.369 e. The van der Waals surface area contributed by atoms with Gasteiger partial charge in [0, 0.05) is 67.8 Å². The lowest BCUT2D eigenvalue weighted by molar-refractivity contribution is 0.249. The molecule has 25 heavy (non-hydrogen) atoms. The number of aromatic nitrogens is 4. The first-order valence-electron chi connectivity index (χ1n) is 9.07. The van der Waals surface area contributed by atoms with E-state index in [1.54, 1.807) is 6.33 Å². The van der Waals surface area contributed by atoms with Crippen molar-refractivity contribution in [2.75, 3.05) is 31.1 Å². The van der Waals surface area contributed by atoms with E-state index in [0.29, 0.717) is 0 Å². The molecule has 0 unspecified atom stereocenters. The molecule has 6 nitrogen and oxygen atoms in total. The Balaban J connectivity index is 1.26. The van der Waals surface area contributed by atoms with E-state index < -0.39 is 0 Å². The Hall–Kier alpha value is -2.47. The van der Waals surface area contributed by atoms with Crippen molar-refractivity contribution >= 4 is 16.6 Å². The molecule has 6 heteroatoms. The predicted molar refractivity (Wildman–Crippen MR) is 97.6 cm³/mol. The van der Waals surface area contributed by atoms with Gasteiger partial charge in [0.2, 0.25) is 0 Å². The van der Waals surface area contributed by atoms with Crippen molar-refractivity contribution < 1.29 is 0 Å². The Morgan fingerprint density at radius 1 is 1.00 bits per heavy atom. The Labute approximate surface area is 147 Å². The fourth-order valence-electron chi connectivity index (χ4n) is 4.03. The molecule has 1 fully saturated rings. The second kappa shape index (κ2) is 6.11. The third kappa shape index (κ3) is 2.76. The van der Waals surface area contributed by atoms with Crippen molar-refractivity contribution in [1.29, 1.82) is 0 Å². The molecule has 2 aliphatic heterocycles. The molecule has 0 amide bonds. The van der Waals surface area contributed by atoms with Gasteiger partial charge in [-0.05, 0) is 31.0 Å². The van der Waals surface area contributed by atoms with Crippen LogP contribution in [0, 0.1) is 0 Å². The summed E-state index contributed by atoms with van der Waals surface area (Å²) >= 11 is 0. The van der Waals surface area contributed by atoms with E-state index >= 15 is 0 Å². The van der Waals surface area contributed by atoms with Crippen molar-refractivity contribution in [2.24, 2.45) is 0 Å². The van der Waals surface area contributed by atoms with Gasteiger partial charge in [-0.3, -0.25) is 9.58 Å². The molecule has 2 aliphatic rings. The van der Waals surface area contributed by atoms with E-state index in [1.807, 2.05) is 6.20 Å². The molecule has 2 aromatic heterocycles. The van der Waals surface area contributed by atoms with E-state index in [-0.39, 0.29) is 0 Å². The number of nitrogens with zero attached hydrogens (tertiary/aromatic N) is 6. The van der Waals surface area contributed by atoms with Gasteiger partial charge >= 0.3 is 0 Å². The number of fused-ring (bicyclic) bond motifs is 2.